The second kappa shape index (κ2) is 4.99. The minimum atomic E-state index is 0.272. The lowest BCUT2D eigenvalue weighted by Gasteiger charge is -2.35. The molecule has 0 spiro atoms. The van der Waals surface area contributed by atoms with Crippen molar-refractivity contribution in [1.82, 2.24) is 4.98 Å². The normalized spacial score (nSPS) is 15.9. The summed E-state index contributed by atoms with van der Waals surface area (Å²) in [7, 11) is 0. The van der Waals surface area contributed by atoms with Crippen LogP contribution in [-0.4, -0.2) is 4.98 Å². The van der Waals surface area contributed by atoms with Gasteiger partial charge in [-0.05, 0) is 29.9 Å². The maximum Gasteiger partial charge on any atom is 0.0471 e. The number of aryl methyl sites for hydroxylation is 1. The quantitative estimate of drug-likeness (QED) is 0.726. The summed E-state index contributed by atoms with van der Waals surface area (Å²) in [4.78, 5) is 4.61. The van der Waals surface area contributed by atoms with Crippen LogP contribution in [-0.2, 0) is 0 Å². The number of hydrogen-bond donors (Lipinski definition) is 0. The molecule has 0 aliphatic rings. The lowest BCUT2D eigenvalue weighted by Crippen LogP contribution is -2.26. The van der Waals surface area contributed by atoms with Crippen molar-refractivity contribution in [2.45, 2.75) is 53.9 Å². The van der Waals surface area contributed by atoms with Crippen LogP contribution < -0.4 is 0 Å². The van der Waals surface area contributed by atoms with Gasteiger partial charge in [-0.25, -0.2) is 0 Å². The summed E-state index contributed by atoms with van der Waals surface area (Å²) < 4.78 is 0. The molecule has 1 heterocycles. The molecule has 0 aromatic carbocycles. The fourth-order valence-electron chi connectivity index (χ4n) is 2.59. The molecule has 16 heavy (non-hydrogen) atoms. The van der Waals surface area contributed by atoms with Gasteiger partial charge in [0.25, 0.3) is 0 Å². The smallest absolute Gasteiger partial charge is 0.0471 e. The lowest BCUT2D eigenvalue weighted by molar-refractivity contribution is 0.236. The molecule has 0 aliphatic heterocycles. The van der Waals surface area contributed by atoms with Gasteiger partial charge < -0.3 is 0 Å². The van der Waals surface area contributed by atoms with E-state index in [0.717, 1.165) is 0 Å². The zero-order chi connectivity index (χ0) is 12.3. The number of rotatable bonds is 3. The topological polar surface area (TPSA) is 12.9 Å². The summed E-state index contributed by atoms with van der Waals surface area (Å²) in [5, 5.41) is 0. The number of aromatic nitrogens is 1. The van der Waals surface area contributed by atoms with Crippen LogP contribution in [0, 0.1) is 18.3 Å². The van der Waals surface area contributed by atoms with Gasteiger partial charge in [-0.15, -0.1) is 0 Å². The first-order valence-corrected chi connectivity index (χ1v) is 6.29. The molecular weight excluding hydrogens is 194 g/mol. The summed E-state index contributed by atoms with van der Waals surface area (Å²) >= 11 is 0. The fraction of sp³-hybridized carbons (Fsp3) is 0.667. The highest BCUT2D eigenvalue weighted by atomic mass is 14.7. The molecular formula is C15H25N. The summed E-state index contributed by atoms with van der Waals surface area (Å²) in [6.07, 6.45) is 3.13. The lowest BCUT2D eigenvalue weighted by atomic mass is 9.70. The highest BCUT2D eigenvalue weighted by Crippen LogP contribution is 2.41. The van der Waals surface area contributed by atoms with Crippen molar-refractivity contribution < 1.29 is 0 Å². The predicted octanol–water partition coefficient (Wildman–Crippen LogP) is 4.57. The highest BCUT2D eigenvalue weighted by molar-refractivity contribution is 5.23. The molecule has 0 aliphatic carbocycles. The third kappa shape index (κ3) is 2.84. The van der Waals surface area contributed by atoms with Gasteiger partial charge in [0, 0.05) is 17.8 Å². The number of nitrogens with zero attached hydrogens (tertiary/aromatic N) is 1. The summed E-state index contributed by atoms with van der Waals surface area (Å²) in [5.41, 5.74) is 2.88. The Kier molecular flexibility index (Phi) is 4.12. The Morgan fingerprint density at radius 2 is 1.94 bits per heavy atom. The third-order valence-electron chi connectivity index (χ3n) is 3.49. The first-order valence-electron chi connectivity index (χ1n) is 6.29. The Hall–Kier alpha value is -0.850. The number of pyridine rings is 1. The molecule has 0 fully saturated rings. The molecule has 1 nitrogen and oxygen atoms in total. The van der Waals surface area contributed by atoms with Crippen LogP contribution >= 0.6 is 0 Å². The minimum Gasteiger partial charge on any atom is -0.261 e. The molecule has 2 atom stereocenters. The van der Waals surface area contributed by atoms with Crippen LogP contribution in [0.3, 0.4) is 0 Å². The molecule has 2 unspecified atom stereocenters. The van der Waals surface area contributed by atoms with Crippen LogP contribution in [0.1, 0.15) is 58.2 Å². The van der Waals surface area contributed by atoms with E-state index in [9.17, 15) is 0 Å². The van der Waals surface area contributed by atoms with E-state index in [1.807, 2.05) is 12.3 Å². The highest BCUT2D eigenvalue weighted by Gasteiger charge is 2.32. The van der Waals surface area contributed by atoms with Crippen molar-refractivity contribution in [3.63, 3.8) is 0 Å². The van der Waals surface area contributed by atoms with Crippen molar-refractivity contribution in [2.24, 2.45) is 11.3 Å². The van der Waals surface area contributed by atoms with Crippen LogP contribution in [0.15, 0.2) is 18.3 Å². The Morgan fingerprint density at radius 1 is 1.31 bits per heavy atom. The Bertz CT molecular complexity index is 336. The monoisotopic (exact) mass is 219 g/mol. The first kappa shape index (κ1) is 13.2. The van der Waals surface area contributed by atoms with Crippen LogP contribution in [0.2, 0.25) is 0 Å². The Labute approximate surface area is 100 Å². The van der Waals surface area contributed by atoms with E-state index in [0.29, 0.717) is 11.8 Å². The van der Waals surface area contributed by atoms with Gasteiger partial charge in [-0.3, -0.25) is 4.98 Å². The minimum absolute atomic E-state index is 0.272. The van der Waals surface area contributed by atoms with E-state index in [1.54, 1.807) is 0 Å². The fourth-order valence-corrected chi connectivity index (χ4v) is 2.59. The molecule has 1 rings (SSSR count). The standard InChI is InChI=1S/C15H25N/c1-7-11(2)13(15(4,5)6)14-12(3)9-8-10-16-14/h8-11,13H,7H2,1-6H3. The van der Waals surface area contributed by atoms with Gasteiger partial charge in [0.2, 0.25) is 0 Å². The van der Waals surface area contributed by atoms with E-state index in [2.05, 4.69) is 52.6 Å². The maximum absolute atomic E-state index is 4.61. The average molecular weight is 219 g/mol. The molecule has 0 N–H and O–H groups in total. The zero-order valence-corrected chi connectivity index (χ0v) is 11.5. The molecule has 0 amide bonds. The van der Waals surface area contributed by atoms with E-state index in [-0.39, 0.29) is 5.41 Å². The van der Waals surface area contributed by atoms with E-state index in [4.69, 9.17) is 0 Å². The van der Waals surface area contributed by atoms with E-state index in [1.165, 1.54) is 17.7 Å². The molecule has 1 aromatic rings. The van der Waals surface area contributed by atoms with Gasteiger partial charge in [0.15, 0.2) is 0 Å². The van der Waals surface area contributed by atoms with Gasteiger partial charge in [0.05, 0.1) is 0 Å². The second-order valence-electron chi connectivity index (χ2n) is 5.93. The zero-order valence-electron chi connectivity index (χ0n) is 11.5. The van der Waals surface area contributed by atoms with E-state index < -0.39 is 0 Å². The van der Waals surface area contributed by atoms with E-state index >= 15 is 0 Å². The Morgan fingerprint density at radius 3 is 2.38 bits per heavy atom. The summed E-state index contributed by atoms with van der Waals surface area (Å²) in [6.45, 7) is 13.7. The van der Waals surface area contributed by atoms with Gasteiger partial charge in [-0.2, -0.15) is 0 Å². The van der Waals surface area contributed by atoms with Crippen LogP contribution in [0.5, 0.6) is 0 Å². The molecule has 0 saturated carbocycles. The molecule has 90 valence electrons. The predicted molar refractivity (Wildman–Crippen MR) is 70.6 cm³/mol. The molecule has 0 radical (unpaired) electrons. The second-order valence-corrected chi connectivity index (χ2v) is 5.93. The number of hydrogen-bond acceptors (Lipinski definition) is 1. The largest absolute Gasteiger partial charge is 0.261 e. The van der Waals surface area contributed by atoms with Gasteiger partial charge in [0.1, 0.15) is 0 Å². The molecule has 0 saturated heterocycles. The molecule has 1 heteroatoms. The SMILES string of the molecule is CCC(C)C(c1ncccc1C)C(C)(C)C. The maximum atomic E-state index is 4.61. The van der Waals surface area contributed by atoms with Crippen molar-refractivity contribution in [1.29, 1.82) is 0 Å². The third-order valence-corrected chi connectivity index (χ3v) is 3.49. The average Bonchev–Trinajstić information content (AvgIpc) is 2.19. The Balaban J connectivity index is 3.17. The van der Waals surface area contributed by atoms with Crippen molar-refractivity contribution in [2.75, 3.05) is 0 Å². The van der Waals surface area contributed by atoms with Crippen LogP contribution in [0.25, 0.3) is 0 Å². The van der Waals surface area contributed by atoms with Crippen LogP contribution in [0.4, 0.5) is 0 Å². The first-order chi connectivity index (χ1) is 7.38. The van der Waals surface area contributed by atoms with Crippen molar-refractivity contribution >= 4 is 0 Å². The van der Waals surface area contributed by atoms with Crippen molar-refractivity contribution in [3.05, 3.63) is 29.6 Å². The van der Waals surface area contributed by atoms with Crippen molar-refractivity contribution in [3.8, 4) is 0 Å². The molecule has 1 aromatic heterocycles. The van der Waals surface area contributed by atoms with Gasteiger partial charge >= 0.3 is 0 Å². The molecule has 0 bridgehead atoms. The van der Waals surface area contributed by atoms with Gasteiger partial charge in [-0.1, -0.05) is 47.1 Å². The summed E-state index contributed by atoms with van der Waals surface area (Å²) in [5.74, 6) is 1.22. The summed E-state index contributed by atoms with van der Waals surface area (Å²) in [6, 6.07) is 4.19.